The van der Waals surface area contributed by atoms with E-state index < -0.39 is 6.09 Å². The lowest BCUT2D eigenvalue weighted by atomic mass is 10.0. The molecular formula is C38H39ClFN7O3. The Bertz CT molecular complexity index is 1820. The highest BCUT2D eigenvalue weighted by Crippen LogP contribution is 2.51. The summed E-state index contributed by atoms with van der Waals surface area (Å²) in [6.45, 7) is 3.17. The van der Waals surface area contributed by atoms with Gasteiger partial charge in [-0.1, -0.05) is 60.1 Å². The van der Waals surface area contributed by atoms with Crippen LogP contribution < -0.4 is 15.5 Å². The molecule has 1 aliphatic carbocycles. The number of hydrogen-bond donors (Lipinski definition) is 3. The van der Waals surface area contributed by atoms with E-state index in [-0.39, 0.29) is 24.4 Å². The third-order valence-electron chi connectivity index (χ3n) is 9.27. The molecular weight excluding hydrogens is 657 g/mol. The summed E-state index contributed by atoms with van der Waals surface area (Å²) in [5.74, 6) is 2.47. The second-order valence-electron chi connectivity index (χ2n) is 12.6. The molecule has 3 aliphatic rings. The normalized spacial score (nSPS) is 20.6. The number of benzene rings is 3. The molecule has 1 aromatic heterocycles. The lowest BCUT2D eigenvalue weighted by Crippen LogP contribution is -2.33. The molecule has 12 heteroatoms. The Morgan fingerprint density at radius 3 is 2.54 bits per heavy atom. The van der Waals surface area contributed by atoms with Crippen molar-refractivity contribution in [2.75, 3.05) is 36.5 Å². The fraction of sp³-hybridized carbons (Fsp3) is 0.342. The average Bonchev–Trinajstić information content (AvgIpc) is 3.86. The molecule has 1 saturated carbocycles. The first kappa shape index (κ1) is 34.8. The van der Waals surface area contributed by atoms with Gasteiger partial charge < -0.3 is 25.0 Å². The molecule has 50 heavy (non-hydrogen) atoms. The molecule has 4 atom stereocenters. The third-order valence-corrected chi connectivity index (χ3v) is 9.58. The number of anilines is 2. The number of nitrogens with zero attached hydrogens (tertiary/aromatic N) is 4. The van der Waals surface area contributed by atoms with E-state index in [4.69, 9.17) is 36.5 Å². The Morgan fingerprint density at radius 2 is 1.86 bits per heavy atom. The van der Waals surface area contributed by atoms with Crippen LogP contribution in [0.25, 0.3) is 0 Å². The van der Waals surface area contributed by atoms with Gasteiger partial charge in [0.05, 0.1) is 28.6 Å². The Morgan fingerprint density at radius 1 is 1.08 bits per heavy atom. The molecule has 2 aliphatic heterocycles. The largest absolute Gasteiger partial charge is 0.445 e. The van der Waals surface area contributed by atoms with Crippen LogP contribution in [0.1, 0.15) is 48.1 Å². The minimum Gasteiger partial charge on any atom is -0.445 e. The molecule has 0 spiro atoms. The number of nitrogens with one attached hydrogen (secondary N) is 3. The number of carbonyl (C=O) groups excluding carboxylic acids is 1. The van der Waals surface area contributed by atoms with E-state index in [2.05, 4.69) is 21.6 Å². The van der Waals surface area contributed by atoms with Crippen molar-refractivity contribution >= 4 is 35.0 Å². The van der Waals surface area contributed by atoms with Crippen LogP contribution in [0.4, 0.5) is 20.8 Å². The zero-order valence-corrected chi connectivity index (χ0v) is 28.3. The predicted octanol–water partition coefficient (Wildman–Crippen LogP) is 7.18. The molecule has 3 N–H and O–H groups in total. The number of piperidine rings is 1. The van der Waals surface area contributed by atoms with Gasteiger partial charge in [-0.25, -0.2) is 19.2 Å². The summed E-state index contributed by atoms with van der Waals surface area (Å²) < 4.78 is 23.2. The number of ether oxygens (including phenoxy) is 2. The van der Waals surface area contributed by atoms with E-state index in [1.807, 2.05) is 30.3 Å². The van der Waals surface area contributed by atoms with Crippen molar-refractivity contribution in [1.29, 1.82) is 10.7 Å². The maximum absolute atomic E-state index is 12.3. The smallest absolute Gasteiger partial charge is 0.407 e. The second-order valence-corrected chi connectivity index (χ2v) is 13.0. The van der Waals surface area contributed by atoms with Crippen LogP contribution in [-0.4, -0.2) is 54.2 Å². The quantitative estimate of drug-likeness (QED) is 0.157. The molecule has 0 radical (unpaired) electrons. The van der Waals surface area contributed by atoms with E-state index in [0.29, 0.717) is 58.6 Å². The number of carbonyl (C=O) groups is 1. The van der Waals surface area contributed by atoms with E-state index in [9.17, 15) is 14.4 Å². The summed E-state index contributed by atoms with van der Waals surface area (Å²) >= 11 is 6.45. The van der Waals surface area contributed by atoms with Crippen molar-refractivity contribution in [2.24, 2.45) is 17.8 Å². The number of nitriles is 1. The van der Waals surface area contributed by atoms with Gasteiger partial charge in [-0.15, -0.1) is 0 Å². The fourth-order valence-corrected chi connectivity index (χ4v) is 6.79. The topological polar surface area (TPSA) is 136 Å². The lowest BCUT2D eigenvalue weighted by molar-refractivity contribution is 0.0341. The standard InChI is InChI=1S/C32H34ClN7O3.C6H5F/c33-26-14-21(15-34)9-10-23(26)29(35)30-31(39-28-8-4-5-13-42-28)38-27(17-36-30)40-12-11-22-24(25(22)18-40)16-37-32(41)43-19-20-6-2-1-3-7-20;7-6-4-2-1-3-5-6/h1-3,6-7,9-10,14,17,22,24-25,28,35H,4-5,8,11-13,16,18-19H2,(H,37,41)(H,38,39);1-5H/t22-,24?,25-,28?;/m0./s1. The Labute approximate surface area is 296 Å². The van der Waals surface area contributed by atoms with Gasteiger partial charge in [-0.2, -0.15) is 5.26 Å². The van der Waals surface area contributed by atoms with E-state index in [1.165, 1.54) is 12.1 Å². The van der Waals surface area contributed by atoms with E-state index >= 15 is 0 Å². The Hall–Kier alpha value is -5.05. The Kier molecular flexibility index (Phi) is 11.5. The van der Waals surface area contributed by atoms with Gasteiger partial charge in [0.25, 0.3) is 0 Å². The maximum atomic E-state index is 12.3. The van der Waals surface area contributed by atoms with Crippen molar-refractivity contribution in [2.45, 2.75) is 38.5 Å². The minimum absolute atomic E-state index is 0.123. The Balaban J connectivity index is 0.000000552. The van der Waals surface area contributed by atoms with Gasteiger partial charge >= 0.3 is 6.09 Å². The summed E-state index contributed by atoms with van der Waals surface area (Å²) in [5.41, 5.74) is 2.37. The van der Waals surface area contributed by atoms with Crippen molar-refractivity contribution < 1.29 is 18.7 Å². The highest BCUT2D eigenvalue weighted by molar-refractivity contribution is 6.35. The van der Waals surface area contributed by atoms with Crippen LogP contribution in [0, 0.1) is 40.3 Å². The number of fused-ring (bicyclic) bond motifs is 1. The first-order chi connectivity index (χ1) is 24.4. The van der Waals surface area contributed by atoms with Crippen LogP contribution in [0.2, 0.25) is 5.02 Å². The molecule has 0 bridgehead atoms. The number of aromatic nitrogens is 2. The highest BCUT2D eigenvalue weighted by Gasteiger charge is 2.52. The molecule has 3 aromatic carbocycles. The van der Waals surface area contributed by atoms with Gasteiger partial charge in [0.1, 0.15) is 30.2 Å². The number of halogens is 2. The molecule has 2 saturated heterocycles. The zero-order valence-electron chi connectivity index (χ0n) is 27.5. The molecule has 10 nitrogen and oxygen atoms in total. The van der Waals surface area contributed by atoms with Crippen molar-refractivity contribution in [1.82, 2.24) is 15.3 Å². The number of rotatable bonds is 9. The molecule has 7 rings (SSSR count). The second kappa shape index (κ2) is 16.6. The average molecular weight is 696 g/mol. The van der Waals surface area contributed by atoms with E-state index in [1.54, 1.807) is 42.6 Å². The maximum Gasteiger partial charge on any atom is 0.407 e. The van der Waals surface area contributed by atoms with E-state index in [0.717, 1.165) is 50.2 Å². The molecule has 4 aromatic rings. The predicted molar refractivity (Wildman–Crippen MR) is 190 cm³/mol. The van der Waals surface area contributed by atoms with Gasteiger partial charge in [0, 0.05) is 31.8 Å². The third kappa shape index (κ3) is 8.94. The number of amides is 1. The monoisotopic (exact) mass is 695 g/mol. The number of hydrogen-bond acceptors (Lipinski definition) is 9. The molecule has 2 unspecified atom stereocenters. The molecule has 3 heterocycles. The van der Waals surface area contributed by atoms with Gasteiger partial charge in [-0.3, -0.25) is 5.41 Å². The van der Waals surface area contributed by atoms with Crippen molar-refractivity contribution in [3.05, 3.63) is 118 Å². The van der Waals surface area contributed by atoms with Crippen molar-refractivity contribution in [3.63, 3.8) is 0 Å². The summed E-state index contributed by atoms with van der Waals surface area (Å²) in [7, 11) is 0. The summed E-state index contributed by atoms with van der Waals surface area (Å²) in [6.07, 6.45) is 5.01. The van der Waals surface area contributed by atoms with Crippen LogP contribution in [0.5, 0.6) is 0 Å². The van der Waals surface area contributed by atoms with Gasteiger partial charge in [0.2, 0.25) is 0 Å². The summed E-state index contributed by atoms with van der Waals surface area (Å²) in [6, 6.07) is 24.5. The molecule has 1 amide bonds. The van der Waals surface area contributed by atoms with Crippen LogP contribution in [0.15, 0.2) is 85.1 Å². The lowest BCUT2D eigenvalue weighted by Gasteiger charge is -2.29. The number of alkyl carbamates (subject to hydrolysis) is 1. The minimum atomic E-state index is -0.392. The van der Waals surface area contributed by atoms with Crippen LogP contribution in [0.3, 0.4) is 0 Å². The van der Waals surface area contributed by atoms with Gasteiger partial charge in [0.15, 0.2) is 5.82 Å². The zero-order chi connectivity index (χ0) is 34.9. The van der Waals surface area contributed by atoms with Crippen LogP contribution >= 0.6 is 11.6 Å². The fourth-order valence-electron chi connectivity index (χ4n) is 6.51. The van der Waals surface area contributed by atoms with Crippen LogP contribution in [-0.2, 0) is 16.1 Å². The SMILES string of the molecule is Fc1ccccc1.N#Cc1ccc(C(=N)c2ncc(N3CC[C@H]4C(CNC(=O)OCc5ccccc5)[C@H]4C3)nc2NC2CCCCO2)c(Cl)c1. The summed E-state index contributed by atoms with van der Waals surface area (Å²) in [4.78, 5) is 24.1. The van der Waals surface area contributed by atoms with Gasteiger partial charge in [-0.05, 0) is 79.3 Å². The first-order valence-electron chi connectivity index (χ1n) is 16.8. The summed E-state index contributed by atoms with van der Waals surface area (Å²) in [5, 5.41) is 24.8. The molecule has 3 fully saturated rings. The van der Waals surface area contributed by atoms with Crippen molar-refractivity contribution in [3.8, 4) is 6.07 Å². The first-order valence-corrected chi connectivity index (χ1v) is 17.2. The molecule has 258 valence electrons. The highest BCUT2D eigenvalue weighted by atomic mass is 35.5.